The first kappa shape index (κ1) is 8.30. The molecule has 1 saturated carbocycles. The Bertz CT molecular complexity index is 347. The van der Waals surface area contributed by atoms with E-state index in [1.54, 1.807) is 6.20 Å². The molecule has 1 aliphatic rings. The van der Waals surface area contributed by atoms with Crippen LogP contribution in [-0.2, 0) is 0 Å². The maximum absolute atomic E-state index is 6.04. The first-order valence-electron chi connectivity index (χ1n) is 4.67. The molecule has 2 nitrogen and oxygen atoms in total. The molecule has 0 atom stereocenters. The summed E-state index contributed by atoms with van der Waals surface area (Å²) in [6.45, 7) is 2.07. The molecule has 68 valence electrons. The fourth-order valence-electron chi connectivity index (χ4n) is 1.56. The molecule has 2 N–H and O–H groups in total. The average Bonchev–Trinajstić information content (AvgIpc) is 2.01. The van der Waals surface area contributed by atoms with Gasteiger partial charge >= 0.3 is 0 Å². The molecule has 0 aliphatic heterocycles. The van der Waals surface area contributed by atoms with Gasteiger partial charge in [0, 0.05) is 23.7 Å². The van der Waals surface area contributed by atoms with Crippen LogP contribution in [0.15, 0.2) is 24.0 Å². The van der Waals surface area contributed by atoms with E-state index >= 15 is 0 Å². The third-order valence-electron chi connectivity index (χ3n) is 2.67. The Balaban J connectivity index is 2.40. The van der Waals surface area contributed by atoms with Crippen molar-refractivity contribution in [3.05, 3.63) is 35.2 Å². The molecule has 13 heavy (non-hydrogen) atoms. The average molecular weight is 174 g/mol. The van der Waals surface area contributed by atoms with Crippen LogP contribution in [0.2, 0.25) is 0 Å². The zero-order chi connectivity index (χ0) is 9.26. The van der Waals surface area contributed by atoms with Gasteiger partial charge in [0.2, 0.25) is 0 Å². The number of allylic oxidation sites excluding steroid dienone is 1. The highest BCUT2D eigenvalue weighted by Crippen LogP contribution is 2.31. The number of pyridine rings is 1. The van der Waals surface area contributed by atoms with Gasteiger partial charge in [-0.1, -0.05) is 0 Å². The summed E-state index contributed by atoms with van der Waals surface area (Å²) in [4.78, 5) is 4.09. The van der Waals surface area contributed by atoms with E-state index in [-0.39, 0.29) is 0 Å². The van der Waals surface area contributed by atoms with Gasteiger partial charge in [0.05, 0.1) is 0 Å². The van der Waals surface area contributed by atoms with E-state index in [0.717, 1.165) is 11.3 Å². The number of nitrogens with two attached hydrogens (primary N) is 1. The van der Waals surface area contributed by atoms with Crippen LogP contribution in [0.3, 0.4) is 0 Å². The lowest BCUT2D eigenvalue weighted by atomic mass is 9.88. The maximum Gasteiger partial charge on any atom is 0.0397 e. The normalized spacial score (nSPS) is 15.3. The number of aromatic nitrogens is 1. The van der Waals surface area contributed by atoms with E-state index in [9.17, 15) is 0 Å². The Hall–Kier alpha value is -1.31. The predicted molar refractivity (Wildman–Crippen MR) is 53.9 cm³/mol. The van der Waals surface area contributed by atoms with Crippen LogP contribution < -0.4 is 5.73 Å². The van der Waals surface area contributed by atoms with Crippen LogP contribution in [-0.4, -0.2) is 4.98 Å². The van der Waals surface area contributed by atoms with E-state index < -0.39 is 0 Å². The Morgan fingerprint density at radius 2 is 2.23 bits per heavy atom. The van der Waals surface area contributed by atoms with Crippen molar-refractivity contribution >= 4 is 5.70 Å². The second kappa shape index (κ2) is 3.21. The minimum atomic E-state index is 0.955. The number of hydrogen-bond donors (Lipinski definition) is 1. The van der Waals surface area contributed by atoms with Crippen molar-refractivity contribution in [3.63, 3.8) is 0 Å². The molecule has 2 rings (SSSR count). The first-order chi connectivity index (χ1) is 6.29. The molecule has 0 bridgehead atoms. The highest BCUT2D eigenvalue weighted by Gasteiger charge is 2.14. The van der Waals surface area contributed by atoms with Gasteiger partial charge in [0.15, 0.2) is 0 Å². The van der Waals surface area contributed by atoms with Crippen molar-refractivity contribution in [1.82, 2.24) is 4.98 Å². The zero-order valence-electron chi connectivity index (χ0n) is 7.88. The van der Waals surface area contributed by atoms with Gasteiger partial charge in [0.1, 0.15) is 0 Å². The summed E-state index contributed by atoms with van der Waals surface area (Å²) < 4.78 is 0. The highest BCUT2D eigenvalue weighted by molar-refractivity contribution is 5.68. The Kier molecular flexibility index (Phi) is 2.05. The lowest BCUT2D eigenvalue weighted by Gasteiger charge is -2.20. The van der Waals surface area contributed by atoms with Crippen molar-refractivity contribution < 1.29 is 0 Å². The molecule has 0 radical (unpaired) electrons. The van der Waals surface area contributed by atoms with E-state index in [1.807, 2.05) is 12.3 Å². The molecule has 0 aromatic carbocycles. The molecule has 2 heteroatoms. The molecule has 0 unspecified atom stereocenters. The van der Waals surface area contributed by atoms with Crippen LogP contribution in [0, 0.1) is 6.92 Å². The standard InChI is InChI=1S/C11H14N2/c1-8-5-6-13-7-10(8)11(12)9-3-2-4-9/h5-7H,2-4,12H2,1H3. The second-order valence-corrected chi connectivity index (χ2v) is 3.56. The Morgan fingerprint density at radius 1 is 1.46 bits per heavy atom. The molecular formula is C11H14N2. The van der Waals surface area contributed by atoms with Crippen LogP contribution in [0.4, 0.5) is 0 Å². The van der Waals surface area contributed by atoms with Crippen molar-refractivity contribution in [3.8, 4) is 0 Å². The molecule has 0 spiro atoms. The summed E-state index contributed by atoms with van der Waals surface area (Å²) in [5, 5.41) is 0. The molecular weight excluding hydrogens is 160 g/mol. The topological polar surface area (TPSA) is 38.9 Å². The summed E-state index contributed by atoms with van der Waals surface area (Å²) in [7, 11) is 0. The predicted octanol–water partition coefficient (Wildman–Crippen LogP) is 2.24. The minimum Gasteiger partial charge on any atom is -0.398 e. The number of hydrogen-bond acceptors (Lipinski definition) is 2. The summed E-state index contributed by atoms with van der Waals surface area (Å²) in [5.41, 5.74) is 10.7. The van der Waals surface area contributed by atoms with Crippen LogP contribution in [0.1, 0.15) is 30.4 Å². The second-order valence-electron chi connectivity index (χ2n) is 3.56. The fourth-order valence-corrected chi connectivity index (χ4v) is 1.56. The summed E-state index contributed by atoms with van der Waals surface area (Å²) >= 11 is 0. The fraction of sp³-hybridized carbons (Fsp3) is 0.364. The van der Waals surface area contributed by atoms with Gasteiger partial charge in [-0.2, -0.15) is 0 Å². The van der Waals surface area contributed by atoms with E-state index in [2.05, 4.69) is 11.9 Å². The van der Waals surface area contributed by atoms with E-state index in [0.29, 0.717) is 0 Å². The lowest BCUT2D eigenvalue weighted by molar-refractivity contribution is 0.664. The molecule has 1 aromatic rings. The van der Waals surface area contributed by atoms with Crippen LogP contribution >= 0.6 is 0 Å². The minimum absolute atomic E-state index is 0.955. The molecule has 1 heterocycles. The lowest BCUT2D eigenvalue weighted by Crippen LogP contribution is -2.09. The maximum atomic E-state index is 6.04. The largest absolute Gasteiger partial charge is 0.398 e. The monoisotopic (exact) mass is 174 g/mol. The third kappa shape index (κ3) is 1.44. The smallest absolute Gasteiger partial charge is 0.0397 e. The van der Waals surface area contributed by atoms with Crippen LogP contribution in [0.25, 0.3) is 5.70 Å². The van der Waals surface area contributed by atoms with Gasteiger partial charge in [-0.15, -0.1) is 0 Å². The number of rotatable bonds is 1. The molecule has 0 saturated heterocycles. The number of nitrogens with zero attached hydrogens (tertiary/aromatic N) is 1. The van der Waals surface area contributed by atoms with Gasteiger partial charge in [0.25, 0.3) is 0 Å². The van der Waals surface area contributed by atoms with E-state index in [4.69, 9.17) is 5.73 Å². The summed E-state index contributed by atoms with van der Waals surface area (Å²) in [6, 6.07) is 2.00. The molecule has 1 aromatic heterocycles. The third-order valence-corrected chi connectivity index (χ3v) is 2.67. The quantitative estimate of drug-likeness (QED) is 0.709. The summed E-state index contributed by atoms with van der Waals surface area (Å²) in [5.74, 6) is 0. The SMILES string of the molecule is Cc1ccncc1C(N)=C1CCC1. The van der Waals surface area contributed by atoms with Gasteiger partial charge < -0.3 is 5.73 Å². The van der Waals surface area contributed by atoms with Gasteiger partial charge in [-0.05, 0) is 43.4 Å². The summed E-state index contributed by atoms with van der Waals surface area (Å²) in [6.07, 6.45) is 7.28. The van der Waals surface area contributed by atoms with Gasteiger partial charge in [-0.3, -0.25) is 4.98 Å². The van der Waals surface area contributed by atoms with Gasteiger partial charge in [-0.25, -0.2) is 0 Å². The Morgan fingerprint density at radius 3 is 2.77 bits per heavy atom. The number of aryl methyl sites for hydroxylation is 1. The molecule has 1 fully saturated rings. The zero-order valence-corrected chi connectivity index (χ0v) is 7.88. The van der Waals surface area contributed by atoms with Crippen LogP contribution in [0.5, 0.6) is 0 Å². The van der Waals surface area contributed by atoms with Crippen molar-refractivity contribution in [2.45, 2.75) is 26.2 Å². The van der Waals surface area contributed by atoms with Crippen molar-refractivity contribution in [2.75, 3.05) is 0 Å². The van der Waals surface area contributed by atoms with Crippen molar-refractivity contribution in [2.24, 2.45) is 5.73 Å². The van der Waals surface area contributed by atoms with E-state index in [1.165, 1.54) is 30.4 Å². The Labute approximate surface area is 78.5 Å². The molecule has 0 amide bonds. The molecule has 1 aliphatic carbocycles. The highest BCUT2D eigenvalue weighted by atomic mass is 14.7. The first-order valence-corrected chi connectivity index (χ1v) is 4.67. The van der Waals surface area contributed by atoms with Crippen molar-refractivity contribution in [1.29, 1.82) is 0 Å².